The zero-order valence-electron chi connectivity index (χ0n) is 21.0. The van der Waals surface area contributed by atoms with Gasteiger partial charge < -0.3 is 0 Å². The molecule has 2 aromatic rings. The van der Waals surface area contributed by atoms with Crippen molar-refractivity contribution in [3.8, 4) is 11.1 Å². The highest BCUT2D eigenvalue weighted by Crippen LogP contribution is 2.45. The summed E-state index contributed by atoms with van der Waals surface area (Å²) in [7, 11) is 0. The largest absolute Gasteiger partial charge is 0.0952 e. The maximum Gasteiger partial charge on any atom is -0.00133 e. The lowest BCUT2D eigenvalue weighted by Crippen LogP contribution is -1.90. The van der Waals surface area contributed by atoms with Gasteiger partial charge >= 0.3 is 0 Å². The van der Waals surface area contributed by atoms with Gasteiger partial charge in [-0.05, 0) is 70.2 Å². The van der Waals surface area contributed by atoms with Crippen LogP contribution in [0.5, 0.6) is 0 Å². The third-order valence-corrected chi connectivity index (χ3v) is 5.32. The molecule has 0 heteroatoms. The minimum Gasteiger partial charge on any atom is -0.0952 e. The topological polar surface area (TPSA) is 0 Å². The van der Waals surface area contributed by atoms with Crippen molar-refractivity contribution >= 4 is 5.57 Å². The Labute approximate surface area is 187 Å². The van der Waals surface area contributed by atoms with Gasteiger partial charge in [0.25, 0.3) is 0 Å². The lowest BCUT2D eigenvalue weighted by atomic mass is 9.94. The van der Waals surface area contributed by atoms with Crippen molar-refractivity contribution in [2.24, 2.45) is 0 Å². The predicted octanol–water partition coefficient (Wildman–Crippen LogP) is 9.81. The van der Waals surface area contributed by atoms with Gasteiger partial charge in [-0.1, -0.05) is 117 Å². The molecule has 2 aliphatic carbocycles. The van der Waals surface area contributed by atoms with Crippen molar-refractivity contribution < 1.29 is 0 Å². The molecular weight excluding hydrogens is 360 g/mol. The van der Waals surface area contributed by atoms with Crippen LogP contribution in [0.4, 0.5) is 0 Å². The second-order valence-electron chi connectivity index (χ2n) is 8.56. The lowest BCUT2D eigenvalue weighted by Gasteiger charge is -2.10. The molecule has 0 saturated heterocycles. The number of unbranched alkanes of at least 4 members (excludes halogenated alkanes) is 1. The van der Waals surface area contributed by atoms with E-state index >= 15 is 0 Å². The van der Waals surface area contributed by atoms with Crippen molar-refractivity contribution in [1.29, 1.82) is 0 Å². The third kappa shape index (κ3) is 6.86. The van der Waals surface area contributed by atoms with Crippen LogP contribution in [-0.2, 0) is 19.3 Å². The molecule has 0 heterocycles. The fraction of sp³-hybridized carbons (Fsp3) is 0.533. The number of hydrogen-bond acceptors (Lipinski definition) is 0. The van der Waals surface area contributed by atoms with Crippen LogP contribution in [-0.4, -0.2) is 0 Å². The van der Waals surface area contributed by atoms with E-state index in [1.165, 1.54) is 83.9 Å². The fourth-order valence-corrected chi connectivity index (χ4v) is 3.84. The predicted molar refractivity (Wildman–Crippen MR) is 139 cm³/mol. The standard InChI is InChI=1S/C20H20.C4H10.2C3H8/c1-3-4-14-6-7-15-12-16-8-10-17-13(2)5-9-18(17)20(16)19(15)11-14;1-3-4-2;2*1-3-2/h6-8,10-11H,2-5,9,12H2,1H3;3-4H2,1-2H3;2*3H2,1-2H3. The smallest absolute Gasteiger partial charge is 0.00133 e. The summed E-state index contributed by atoms with van der Waals surface area (Å²) in [5.41, 5.74) is 11.8. The summed E-state index contributed by atoms with van der Waals surface area (Å²) in [6.45, 7) is 19.3. The van der Waals surface area contributed by atoms with E-state index in [1.807, 2.05) is 0 Å². The first-order valence-corrected chi connectivity index (χ1v) is 12.5. The summed E-state index contributed by atoms with van der Waals surface area (Å²) in [5, 5.41) is 0. The highest BCUT2D eigenvalue weighted by atomic mass is 14.3. The average Bonchev–Trinajstić information content (AvgIpc) is 3.29. The Hall–Kier alpha value is -1.82. The summed E-state index contributed by atoms with van der Waals surface area (Å²) < 4.78 is 0. The molecule has 2 aromatic carbocycles. The Morgan fingerprint density at radius 1 is 0.700 bits per heavy atom. The molecule has 0 amide bonds. The first-order chi connectivity index (χ1) is 14.5. The van der Waals surface area contributed by atoms with Crippen molar-refractivity contribution in [3.05, 3.63) is 64.7 Å². The van der Waals surface area contributed by atoms with Gasteiger partial charge in [0.1, 0.15) is 0 Å². The molecular formula is C30H46. The quantitative estimate of drug-likeness (QED) is 0.406. The SMILES string of the molecule is C=C1CCc2c1ccc1c2-c2cc(CCC)ccc2C1.CCC.CCC.CCCC. The lowest BCUT2D eigenvalue weighted by molar-refractivity contribution is 0.886. The van der Waals surface area contributed by atoms with E-state index in [0.29, 0.717) is 0 Å². The molecule has 0 radical (unpaired) electrons. The molecule has 0 N–H and O–H groups in total. The van der Waals surface area contributed by atoms with Crippen molar-refractivity contribution in [2.45, 2.75) is 106 Å². The first kappa shape index (κ1) is 26.2. The van der Waals surface area contributed by atoms with Gasteiger partial charge in [-0.15, -0.1) is 0 Å². The van der Waals surface area contributed by atoms with Crippen LogP contribution >= 0.6 is 0 Å². The van der Waals surface area contributed by atoms with Crippen LogP contribution in [0.3, 0.4) is 0 Å². The van der Waals surface area contributed by atoms with Crippen LogP contribution < -0.4 is 0 Å². The number of rotatable bonds is 3. The molecule has 0 atom stereocenters. The van der Waals surface area contributed by atoms with Crippen LogP contribution in [0.15, 0.2) is 36.9 Å². The van der Waals surface area contributed by atoms with Gasteiger partial charge in [0.2, 0.25) is 0 Å². The molecule has 0 aromatic heterocycles. The van der Waals surface area contributed by atoms with E-state index in [1.54, 1.807) is 5.56 Å². The highest BCUT2D eigenvalue weighted by molar-refractivity contribution is 5.86. The van der Waals surface area contributed by atoms with Gasteiger partial charge in [0, 0.05) is 0 Å². The van der Waals surface area contributed by atoms with Crippen LogP contribution in [0.1, 0.15) is 115 Å². The molecule has 0 saturated carbocycles. The zero-order chi connectivity index (χ0) is 22.5. The Morgan fingerprint density at radius 2 is 1.30 bits per heavy atom. The number of allylic oxidation sites excluding steroid dienone is 1. The maximum atomic E-state index is 4.22. The second-order valence-corrected chi connectivity index (χ2v) is 8.56. The van der Waals surface area contributed by atoms with Crippen LogP contribution in [0.25, 0.3) is 16.7 Å². The fourth-order valence-electron chi connectivity index (χ4n) is 3.84. The molecule has 2 aliphatic rings. The van der Waals surface area contributed by atoms with Crippen molar-refractivity contribution in [3.63, 3.8) is 0 Å². The normalized spacial score (nSPS) is 12.3. The minimum atomic E-state index is 1.11. The average molecular weight is 407 g/mol. The van der Waals surface area contributed by atoms with E-state index in [-0.39, 0.29) is 0 Å². The van der Waals surface area contributed by atoms with E-state index < -0.39 is 0 Å². The molecule has 30 heavy (non-hydrogen) atoms. The monoisotopic (exact) mass is 406 g/mol. The third-order valence-electron chi connectivity index (χ3n) is 5.32. The van der Waals surface area contributed by atoms with Crippen LogP contribution in [0.2, 0.25) is 0 Å². The number of fused-ring (bicyclic) bond motifs is 5. The molecule has 0 unspecified atom stereocenters. The molecule has 166 valence electrons. The molecule has 0 bridgehead atoms. The number of benzene rings is 2. The van der Waals surface area contributed by atoms with Gasteiger partial charge in [-0.3, -0.25) is 0 Å². The van der Waals surface area contributed by atoms with Gasteiger partial charge in [-0.25, -0.2) is 0 Å². The molecule has 0 fully saturated rings. The minimum absolute atomic E-state index is 1.11. The first-order valence-electron chi connectivity index (χ1n) is 12.5. The van der Waals surface area contributed by atoms with E-state index in [2.05, 4.69) is 85.4 Å². The second kappa shape index (κ2) is 14.2. The summed E-state index contributed by atoms with van der Waals surface area (Å²) in [6.07, 6.45) is 11.0. The van der Waals surface area contributed by atoms with Gasteiger partial charge in [-0.2, -0.15) is 0 Å². The summed E-state index contributed by atoms with van der Waals surface area (Å²) in [6, 6.07) is 11.7. The Bertz CT molecular complexity index is 775. The Kier molecular flexibility index (Phi) is 12.4. The summed E-state index contributed by atoms with van der Waals surface area (Å²) >= 11 is 0. The van der Waals surface area contributed by atoms with Crippen molar-refractivity contribution in [2.75, 3.05) is 0 Å². The van der Waals surface area contributed by atoms with Crippen molar-refractivity contribution in [1.82, 2.24) is 0 Å². The number of aryl methyl sites for hydroxylation is 1. The molecule has 0 spiro atoms. The van der Waals surface area contributed by atoms with E-state index in [9.17, 15) is 0 Å². The number of hydrogen-bond donors (Lipinski definition) is 0. The molecule has 0 aliphatic heterocycles. The van der Waals surface area contributed by atoms with Crippen LogP contribution in [0, 0.1) is 0 Å². The summed E-state index contributed by atoms with van der Waals surface area (Å²) in [5.74, 6) is 0. The molecule has 4 rings (SSSR count). The maximum absolute atomic E-state index is 4.22. The van der Waals surface area contributed by atoms with E-state index in [0.717, 1.165) is 12.8 Å². The van der Waals surface area contributed by atoms with Gasteiger partial charge in [0.15, 0.2) is 0 Å². The molecule has 0 nitrogen and oxygen atoms in total. The Morgan fingerprint density at radius 3 is 1.87 bits per heavy atom. The highest BCUT2D eigenvalue weighted by Gasteiger charge is 2.26. The van der Waals surface area contributed by atoms with Gasteiger partial charge in [0.05, 0.1) is 0 Å². The van der Waals surface area contributed by atoms with E-state index in [4.69, 9.17) is 0 Å². The summed E-state index contributed by atoms with van der Waals surface area (Å²) in [4.78, 5) is 0. The zero-order valence-corrected chi connectivity index (χ0v) is 21.0. The Balaban J connectivity index is 0.000000385.